The normalized spacial score (nSPS) is 37.7. The van der Waals surface area contributed by atoms with Crippen LogP contribution in [0.25, 0.3) is 0 Å². The Balaban J connectivity index is 1.30. The van der Waals surface area contributed by atoms with Gasteiger partial charge in [0.2, 0.25) is 0 Å². The molecule has 1 aromatic heterocycles. The molecule has 0 spiro atoms. The molecule has 5 aliphatic carbocycles. The van der Waals surface area contributed by atoms with Gasteiger partial charge in [0.05, 0.1) is 22.9 Å². The van der Waals surface area contributed by atoms with E-state index in [2.05, 4.69) is 58.8 Å². The second kappa shape index (κ2) is 12.0. The fourth-order valence-electron chi connectivity index (χ4n) is 12.5. The molecule has 1 amide bonds. The second-order valence-corrected chi connectivity index (χ2v) is 19.1. The van der Waals surface area contributed by atoms with Crippen LogP contribution >= 0.6 is 0 Å². The summed E-state index contributed by atoms with van der Waals surface area (Å²) < 4.78 is 6.15. The van der Waals surface area contributed by atoms with Crippen LogP contribution in [0.4, 0.5) is 0 Å². The molecule has 0 saturated heterocycles. The minimum absolute atomic E-state index is 0.0318. The van der Waals surface area contributed by atoms with Gasteiger partial charge in [-0.25, -0.2) is 0 Å². The number of pyridine rings is 1. The van der Waals surface area contributed by atoms with Crippen LogP contribution in [-0.2, 0) is 19.1 Å². The summed E-state index contributed by atoms with van der Waals surface area (Å²) in [6.07, 6.45) is 9.16. The van der Waals surface area contributed by atoms with E-state index in [-0.39, 0.29) is 57.7 Å². The van der Waals surface area contributed by atoms with Crippen LogP contribution in [0.1, 0.15) is 143 Å². The first-order valence-corrected chi connectivity index (χ1v) is 19.1. The second-order valence-electron chi connectivity index (χ2n) is 19.1. The van der Waals surface area contributed by atoms with Crippen LogP contribution in [0, 0.1) is 57.7 Å². The number of carboxylic acids is 1. The Hall–Kier alpha value is -3.03. The number of nitrogens with one attached hydrogen (secondary N) is 1. The van der Waals surface area contributed by atoms with Crippen molar-refractivity contribution in [1.29, 1.82) is 0 Å². The van der Waals surface area contributed by atoms with Crippen LogP contribution < -0.4 is 5.32 Å². The van der Waals surface area contributed by atoms with Gasteiger partial charge in [-0.15, -0.1) is 0 Å². The molecule has 0 unspecified atom stereocenters. The number of nitrogens with zero attached hydrogens (tertiary/aromatic N) is 1. The SMILES string of the molecule is Cc1ccc(C(=O)N[C@@]23CC[C@]4(C)[C@H](CC[C@@H]5[C@@]6(C)CC[C@H](OC(=O)CC(C)(C)C(=O)O)C(C)(C)[C@@H]6CC[C@]54C)C2=C(C(C)C)C(=O)C3)cn1. The number of rotatable bonds is 7. The van der Waals surface area contributed by atoms with E-state index in [4.69, 9.17) is 4.74 Å². The minimum Gasteiger partial charge on any atom is -0.481 e. The molecule has 0 radical (unpaired) electrons. The topological polar surface area (TPSA) is 123 Å². The Labute approximate surface area is 299 Å². The fraction of sp³-hybridized carbons (Fsp3) is 0.738. The first-order valence-electron chi connectivity index (χ1n) is 19.1. The number of aryl methyl sites for hydroxylation is 1. The third kappa shape index (κ3) is 5.39. The van der Waals surface area contributed by atoms with Gasteiger partial charge in [-0.2, -0.15) is 0 Å². The van der Waals surface area contributed by atoms with Crippen molar-refractivity contribution in [3.05, 3.63) is 40.7 Å². The van der Waals surface area contributed by atoms with E-state index in [0.29, 0.717) is 23.8 Å². The quantitative estimate of drug-likeness (QED) is 0.277. The van der Waals surface area contributed by atoms with Gasteiger partial charge in [-0.05, 0) is 135 Å². The maximum Gasteiger partial charge on any atom is 0.309 e. The number of aliphatic carboxylic acids is 1. The van der Waals surface area contributed by atoms with Crippen molar-refractivity contribution in [3.8, 4) is 0 Å². The van der Waals surface area contributed by atoms with Crippen molar-refractivity contribution in [2.45, 2.75) is 145 Å². The lowest BCUT2D eigenvalue weighted by Gasteiger charge is -2.72. The lowest BCUT2D eigenvalue weighted by Crippen LogP contribution is -2.67. The maximum atomic E-state index is 13.9. The van der Waals surface area contributed by atoms with E-state index in [9.17, 15) is 24.3 Å². The molecular weight excluding hydrogens is 628 g/mol. The zero-order valence-electron chi connectivity index (χ0n) is 32.1. The number of allylic oxidation sites excluding steroid dienone is 1. The highest BCUT2D eigenvalue weighted by Gasteiger charge is 2.70. The molecule has 50 heavy (non-hydrogen) atoms. The predicted molar refractivity (Wildman–Crippen MR) is 192 cm³/mol. The molecule has 8 heteroatoms. The summed E-state index contributed by atoms with van der Waals surface area (Å²) in [6, 6.07) is 3.68. The van der Waals surface area contributed by atoms with Gasteiger partial charge < -0.3 is 15.2 Å². The number of esters is 1. The summed E-state index contributed by atoms with van der Waals surface area (Å²) in [5.74, 6) is -0.275. The number of amides is 1. The Morgan fingerprint density at radius 1 is 0.960 bits per heavy atom. The van der Waals surface area contributed by atoms with Gasteiger partial charge in [0.25, 0.3) is 5.91 Å². The van der Waals surface area contributed by atoms with Gasteiger partial charge in [-0.1, -0.05) is 48.5 Å². The van der Waals surface area contributed by atoms with Crippen molar-refractivity contribution in [1.82, 2.24) is 10.3 Å². The molecule has 4 fully saturated rings. The summed E-state index contributed by atoms with van der Waals surface area (Å²) in [7, 11) is 0. The number of hydrogen-bond donors (Lipinski definition) is 2. The van der Waals surface area contributed by atoms with Crippen molar-refractivity contribution in [2.24, 2.45) is 50.7 Å². The van der Waals surface area contributed by atoms with Crippen molar-refractivity contribution >= 4 is 23.6 Å². The first kappa shape index (κ1) is 36.8. The summed E-state index contributed by atoms with van der Waals surface area (Å²) in [5.41, 5.74) is 1.50. The molecule has 5 aliphatic rings. The number of carboxylic acid groups (broad SMARTS) is 1. The molecule has 0 bridgehead atoms. The first-order chi connectivity index (χ1) is 23.1. The third-order valence-corrected chi connectivity index (χ3v) is 15.3. The third-order valence-electron chi connectivity index (χ3n) is 15.3. The van der Waals surface area contributed by atoms with E-state index in [0.717, 1.165) is 62.6 Å². The molecule has 1 heterocycles. The van der Waals surface area contributed by atoms with E-state index in [1.165, 1.54) is 5.57 Å². The van der Waals surface area contributed by atoms with Crippen LogP contribution in [0.15, 0.2) is 29.5 Å². The number of ether oxygens (including phenoxy) is 1. The Morgan fingerprint density at radius 3 is 2.28 bits per heavy atom. The average molecular weight is 689 g/mol. The monoisotopic (exact) mass is 688 g/mol. The number of hydrogen-bond acceptors (Lipinski definition) is 6. The maximum absolute atomic E-state index is 13.9. The predicted octanol–water partition coefficient (Wildman–Crippen LogP) is 8.27. The summed E-state index contributed by atoms with van der Waals surface area (Å²) in [6.45, 7) is 21.4. The smallest absolute Gasteiger partial charge is 0.309 e. The van der Waals surface area contributed by atoms with Crippen LogP contribution in [0.5, 0.6) is 0 Å². The number of aromatic nitrogens is 1. The van der Waals surface area contributed by atoms with Crippen LogP contribution in [0.3, 0.4) is 0 Å². The highest BCUT2D eigenvalue weighted by Crippen LogP contribution is 2.76. The number of fused-ring (bicyclic) bond motifs is 7. The lowest BCUT2D eigenvalue weighted by molar-refractivity contribution is -0.232. The Morgan fingerprint density at radius 2 is 1.66 bits per heavy atom. The molecule has 2 N–H and O–H groups in total. The van der Waals surface area contributed by atoms with E-state index >= 15 is 0 Å². The molecular formula is C42H60N2O6. The fourth-order valence-corrected chi connectivity index (χ4v) is 12.5. The largest absolute Gasteiger partial charge is 0.481 e. The average Bonchev–Trinajstić information content (AvgIpc) is 3.30. The summed E-state index contributed by atoms with van der Waals surface area (Å²) in [4.78, 5) is 56.9. The molecule has 8 nitrogen and oxygen atoms in total. The van der Waals surface area contributed by atoms with Gasteiger partial charge in [0.1, 0.15) is 6.10 Å². The molecule has 4 saturated carbocycles. The summed E-state index contributed by atoms with van der Waals surface area (Å²) >= 11 is 0. The van der Waals surface area contributed by atoms with Crippen LogP contribution in [-0.4, -0.2) is 45.4 Å². The van der Waals surface area contributed by atoms with Crippen molar-refractivity contribution in [3.63, 3.8) is 0 Å². The van der Waals surface area contributed by atoms with Crippen molar-refractivity contribution in [2.75, 3.05) is 0 Å². The van der Waals surface area contributed by atoms with E-state index in [1.807, 2.05) is 19.1 Å². The Bertz CT molecular complexity index is 1620. The van der Waals surface area contributed by atoms with Gasteiger partial charge in [0, 0.05) is 23.7 Å². The van der Waals surface area contributed by atoms with E-state index in [1.54, 1.807) is 20.0 Å². The van der Waals surface area contributed by atoms with Crippen molar-refractivity contribution < 1.29 is 29.0 Å². The number of Topliss-reactive ketones (excluding diaryl/α,β-unsaturated/α-hetero) is 1. The van der Waals surface area contributed by atoms with Gasteiger partial charge in [0.15, 0.2) is 5.78 Å². The zero-order chi connectivity index (χ0) is 36.8. The van der Waals surface area contributed by atoms with Gasteiger partial charge >= 0.3 is 11.9 Å². The highest BCUT2D eigenvalue weighted by molar-refractivity contribution is 6.03. The highest BCUT2D eigenvalue weighted by atomic mass is 16.5. The number of carbonyl (C=O) groups excluding carboxylic acids is 3. The lowest BCUT2D eigenvalue weighted by atomic mass is 9.33. The molecule has 274 valence electrons. The summed E-state index contributed by atoms with van der Waals surface area (Å²) in [5, 5.41) is 13.0. The molecule has 0 aliphatic heterocycles. The zero-order valence-corrected chi connectivity index (χ0v) is 32.1. The number of carbonyl (C=O) groups is 4. The molecule has 1 aromatic rings. The minimum atomic E-state index is -1.17. The van der Waals surface area contributed by atoms with E-state index < -0.39 is 22.9 Å². The Kier molecular flexibility index (Phi) is 8.83. The standard InChI is InChI=1S/C42H60N2O6/c1-24(2)33-28(45)21-42(44-35(47)26-12-11-25(3)43-23-26)20-19-40(9)27(34(33)42)13-14-30-39(8)17-16-31(50-32(46)22-37(4,5)36(48)49)38(6,7)29(39)15-18-41(30,40)10/h11-12,23-24,27,29-31H,13-22H2,1-10H3,(H,44,47)(H,48,49)/t27-,29+,30-,31+,39+,40-,41-,42-/m1/s1. The van der Waals surface area contributed by atoms with Crippen LogP contribution in [0.2, 0.25) is 0 Å². The number of ketones is 1. The molecule has 0 aromatic carbocycles. The molecule has 8 atom stereocenters. The molecule has 6 rings (SSSR count). The van der Waals surface area contributed by atoms with Gasteiger partial charge in [-0.3, -0.25) is 24.2 Å².